The molecule has 0 radical (unpaired) electrons. The Kier molecular flexibility index (Phi) is 3.26. The highest BCUT2D eigenvalue weighted by Gasteiger charge is 2.55. The molecule has 1 aromatic heterocycles. The van der Waals surface area contributed by atoms with Crippen LogP contribution in [0.4, 0.5) is 0 Å². The Morgan fingerprint density at radius 2 is 2.10 bits per heavy atom. The highest BCUT2D eigenvalue weighted by Crippen LogP contribution is 2.62. The summed E-state index contributed by atoms with van der Waals surface area (Å²) in [5, 5.41) is 0.210. The molecule has 0 N–H and O–H groups in total. The molecule has 0 bridgehead atoms. The topological polar surface area (TPSA) is 12.9 Å². The summed E-state index contributed by atoms with van der Waals surface area (Å²) < 4.78 is 0. The van der Waals surface area contributed by atoms with Crippen LogP contribution in [-0.4, -0.2) is 10.4 Å². The van der Waals surface area contributed by atoms with E-state index in [9.17, 15) is 0 Å². The summed E-state index contributed by atoms with van der Waals surface area (Å²) in [4.78, 5) is 4.51. The van der Waals surface area contributed by atoms with Crippen molar-refractivity contribution in [3.8, 4) is 0 Å². The number of nitrogens with zero attached hydrogens (tertiary/aromatic N) is 1. The van der Waals surface area contributed by atoms with Crippen LogP contribution in [0.1, 0.15) is 34.7 Å². The van der Waals surface area contributed by atoms with Gasteiger partial charge in [-0.15, -0.1) is 11.6 Å². The second kappa shape index (κ2) is 5.14. The maximum absolute atomic E-state index is 6.75. The van der Waals surface area contributed by atoms with Crippen LogP contribution in [0.25, 0.3) is 0 Å². The quantitative estimate of drug-likeness (QED) is 0.759. The van der Waals surface area contributed by atoms with Gasteiger partial charge >= 0.3 is 0 Å². The van der Waals surface area contributed by atoms with Gasteiger partial charge in [-0.3, -0.25) is 4.98 Å². The van der Waals surface area contributed by atoms with Crippen molar-refractivity contribution in [1.82, 2.24) is 4.98 Å². The van der Waals surface area contributed by atoms with Gasteiger partial charge in [-0.25, -0.2) is 0 Å². The molecule has 2 heteroatoms. The third-order valence-corrected chi connectivity index (χ3v) is 5.63. The first-order valence-electron chi connectivity index (χ1n) is 7.87. The van der Waals surface area contributed by atoms with Crippen LogP contribution in [0.2, 0.25) is 0 Å². The van der Waals surface area contributed by atoms with Crippen LogP contribution in [0.5, 0.6) is 0 Å². The number of aryl methyl sites for hydroxylation is 2. The lowest BCUT2D eigenvalue weighted by molar-refractivity contribution is 0.607. The van der Waals surface area contributed by atoms with Crippen molar-refractivity contribution in [2.45, 2.75) is 37.5 Å². The molecule has 1 heterocycles. The first-order chi connectivity index (χ1) is 10.2. The zero-order chi connectivity index (χ0) is 14.4. The van der Waals surface area contributed by atoms with Gasteiger partial charge in [0.05, 0.1) is 0 Å². The third kappa shape index (κ3) is 2.38. The zero-order valence-electron chi connectivity index (χ0n) is 12.3. The van der Waals surface area contributed by atoms with E-state index in [1.165, 1.54) is 18.4 Å². The molecule has 2 aromatic rings. The SMILES string of the molecule is Cc1ccc(CC(Cl)C2C3CCc4ccccc4C32)nc1. The van der Waals surface area contributed by atoms with Crippen LogP contribution in [0, 0.1) is 18.8 Å². The summed E-state index contributed by atoms with van der Waals surface area (Å²) in [6.45, 7) is 2.07. The highest BCUT2D eigenvalue weighted by molar-refractivity contribution is 6.21. The molecule has 1 fully saturated rings. The lowest BCUT2D eigenvalue weighted by Crippen LogP contribution is -2.09. The van der Waals surface area contributed by atoms with E-state index in [0.29, 0.717) is 11.8 Å². The van der Waals surface area contributed by atoms with Crippen molar-refractivity contribution in [2.75, 3.05) is 0 Å². The minimum atomic E-state index is 0.210. The number of benzene rings is 1. The van der Waals surface area contributed by atoms with E-state index in [0.717, 1.165) is 18.0 Å². The lowest BCUT2D eigenvalue weighted by Gasteiger charge is -2.13. The van der Waals surface area contributed by atoms with E-state index in [2.05, 4.69) is 48.3 Å². The monoisotopic (exact) mass is 297 g/mol. The Labute approximate surface area is 131 Å². The molecule has 21 heavy (non-hydrogen) atoms. The second-order valence-electron chi connectivity index (χ2n) is 6.55. The van der Waals surface area contributed by atoms with Crippen molar-refractivity contribution in [3.63, 3.8) is 0 Å². The fourth-order valence-electron chi connectivity index (χ4n) is 4.07. The molecular formula is C19H20ClN. The van der Waals surface area contributed by atoms with Gasteiger partial charge in [-0.1, -0.05) is 30.3 Å². The first kappa shape index (κ1) is 13.3. The molecule has 1 saturated carbocycles. The third-order valence-electron chi connectivity index (χ3n) is 5.19. The van der Waals surface area contributed by atoms with E-state index in [1.807, 2.05) is 6.20 Å². The Morgan fingerprint density at radius 1 is 1.24 bits per heavy atom. The van der Waals surface area contributed by atoms with Crippen LogP contribution in [-0.2, 0) is 12.8 Å². The molecule has 4 unspecified atom stereocenters. The summed E-state index contributed by atoms with van der Waals surface area (Å²) in [5.41, 5.74) is 5.43. The maximum atomic E-state index is 6.75. The summed E-state index contributed by atoms with van der Waals surface area (Å²) in [6, 6.07) is 13.2. The van der Waals surface area contributed by atoms with E-state index in [4.69, 9.17) is 11.6 Å². The van der Waals surface area contributed by atoms with E-state index in [1.54, 1.807) is 11.1 Å². The normalized spacial score (nSPS) is 27.6. The molecule has 1 aromatic carbocycles. The summed E-state index contributed by atoms with van der Waals surface area (Å²) >= 11 is 6.75. The number of hydrogen-bond donors (Lipinski definition) is 0. The van der Waals surface area contributed by atoms with Gasteiger partial charge in [-0.05, 0) is 60.3 Å². The van der Waals surface area contributed by atoms with Gasteiger partial charge < -0.3 is 0 Å². The number of pyridine rings is 1. The number of fused-ring (bicyclic) bond motifs is 3. The molecule has 4 rings (SSSR count). The molecule has 0 amide bonds. The Morgan fingerprint density at radius 3 is 2.90 bits per heavy atom. The Balaban J connectivity index is 1.50. The largest absolute Gasteiger partial charge is 0.261 e. The molecule has 4 atom stereocenters. The van der Waals surface area contributed by atoms with E-state index < -0.39 is 0 Å². The van der Waals surface area contributed by atoms with E-state index >= 15 is 0 Å². The second-order valence-corrected chi connectivity index (χ2v) is 7.11. The number of alkyl halides is 1. The van der Waals surface area contributed by atoms with Crippen LogP contribution in [0.15, 0.2) is 42.6 Å². The zero-order valence-corrected chi connectivity index (χ0v) is 13.1. The summed E-state index contributed by atoms with van der Waals surface area (Å²) in [5.74, 6) is 2.13. The lowest BCUT2D eigenvalue weighted by atomic mass is 9.92. The fourth-order valence-corrected chi connectivity index (χ4v) is 4.57. The summed E-state index contributed by atoms with van der Waals surface area (Å²) in [6.07, 6.45) is 5.35. The molecule has 0 spiro atoms. The molecule has 1 nitrogen and oxygen atoms in total. The van der Waals surface area contributed by atoms with Crippen molar-refractivity contribution >= 4 is 11.6 Å². The van der Waals surface area contributed by atoms with Gasteiger partial charge in [-0.2, -0.15) is 0 Å². The van der Waals surface area contributed by atoms with Gasteiger partial charge in [0.1, 0.15) is 0 Å². The standard InChI is InChI=1S/C19H20ClN/c1-12-6-8-14(21-11-12)10-17(20)19-16-9-7-13-4-2-3-5-15(13)18(16)19/h2-6,8,11,16-19H,7,9-10H2,1H3. The van der Waals surface area contributed by atoms with Gasteiger partial charge in [0.15, 0.2) is 0 Å². The number of hydrogen-bond acceptors (Lipinski definition) is 1. The number of rotatable bonds is 3. The molecule has 0 aliphatic heterocycles. The van der Waals surface area contributed by atoms with Gasteiger partial charge in [0, 0.05) is 23.7 Å². The van der Waals surface area contributed by atoms with Crippen molar-refractivity contribution in [2.24, 2.45) is 11.8 Å². The predicted octanol–water partition coefficient (Wildman–Crippen LogP) is 4.52. The minimum Gasteiger partial charge on any atom is -0.261 e. The van der Waals surface area contributed by atoms with Crippen LogP contribution in [0.3, 0.4) is 0 Å². The Bertz CT molecular complexity index is 649. The minimum absolute atomic E-state index is 0.210. The predicted molar refractivity (Wildman–Crippen MR) is 86.8 cm³/mol. The first-order valence-corrected chi connectivity index (χ1v) is 8.31. The fraction of sp³-hybridized carbons (Fsp3) is 0.421. The molecular weight excluding hydrogens is 278 g/mol. The molecule has 108 valence electrons. The number of halogens is 1. The average molecular weight is 298 g/mol. The average Bonchev–Trinajstić information content (AvgIpc) is 3.25. The van der Waals surface area contributed by atoms with Crippen molar-refractivity contribution < 1.29 is 0 Å². The Hall–Kier alpha value is -1.34. The van der Waals surface area contributed by atoms with E-state index in [-0.39, 0.29) is 5.38 Å². The summed E-state index contributed by atoms with van der Waals surface area (Å²) in [7, 11) is 0. The molecule has 0 saturated heterocycles. The molecule has 2 aliphatic rings. The smallest absolute Gasteiger partial charge is 0.0428 e. The molecule has 2 aliphatic carbocycles. The van der Waals surface area contributed by atoms with Crippen molar-refractivity contribution in [1.29, 1.82) is 0 Å². The highest BCUT2D eigenvalue weighted by atomic mass is 35.5. The number of aromatic nitrogens is 1. The van der Waals surface area contributed by atoms with Gasteiger partial charge in [0.2, 0.25) is 0 Å². The van der Waals surface area contributed by atoms with Crippen LogP contribution < -0.4 is 0 Å². The van der Waals surface area contributed by atoms with Crippen molar-refractivity contribution in [3.05, 3.63) is 65.0 Å². The van der Waals surface area contributed by atoms with Crippen LogP contribution >= 0.6 is 11.6 Å². The van der Waals surface area contributed by atoms with Gasteiger partial charge in [0.25, 0.3) is 0 Å². The maximum Gasteiger partial charge on any atom is 0.0428 e.